The van der Waals surface area contributed by atoms with Crippen LogP contribution < -0.4 is 10.1 Å². The molecule has 0 saturated carbocycles. The monoisotopic (exact) mass is 417 g/mol. The molecule has 3 nitrogen and oxygen atoms in total. The van der Waals surface area contributed by atoms with Crippen molar-refractivity contribution in [3.63, 3.8) is 0 Å². The lowest BCUT2D eigenvalue weighted by molar-refractivity contribution is 0.117. The lowest BCUT2D eigenvalue weighted by Gasteiger charge is -2.14. The fourth-order valence-electron chi connectivity index (χ4n) is 1.65. The van der Waals surface area contributed by atoms with E-state index in [4.69, 9.17) is 4.74 Å². The van der Waals surface area contributed by atoms with Crippen molar-refractivity contribution in [3.05, 3.63) is 57.2 Å². The Morgan fingerprint density at radius 1 is 1.19 bits per heavy atom. The predicted molar refractivity (Wildman–Crippen MR) is 88.2 cm³/mol. The molecular formula is C15H14Br2FNO2. The van der Waals surface area contributed by atoms with Gasteiger partial charge in [0, 0.05) is 16.7 Å². The van der Waals surface area contributed by atoms with Gasteiger partial charge in [-0.05, 0) is 52.3 Å². The second-order valence-electron chi connectivity index (χ2n) is 4.43. The number of rotatable bonds is 6. The predicted octanol–water partition coefficient (Wildman–Crippen LogP) is 4.20. The van der Waals surface area contributed by atoms with Gasteiger partial charge < -0.3 is 15.2 Å². The molecule has 0 saturated heterocycles. The molecule has 0 aliphatic heterocycles. The molecule has 21 heavy (non-hydrogen) atoms. The van der Waals surface area contributed by atoms with Gasteiger partial charge in [0.2, 0.25) is 0 Å². The maximum atomic E-state index is 13.1. The first kappa shape index (κ1) is 16.3. The van der Waals surface area contributed by atoms with Crippen molar-refractivity contribution in [2.24, 2.45) is 0 Å². The maximum Gasteiger partial charge on any atom is 0.137 e. The van der Waals surface area contributed by atoms with E-state index in [0.29, 0.717) is 16.8 Å². The number of ether oxygens (including phenoxy) is 1. The van der Waals surface area contributed by atoms with Crippen LogP contribution in [0.4, 0.5) is 10.1 Å². The zero-order chi connectivity index (χ0) is 15.2. The molecule has 0 fully saturated rings. The SMILES string of the molecule is OC(CNc1ccc(F)c(Br)c1)COc1cccc(Br)c1. The lowest BCUT2D eigenvalue weighted by Crippen LogP contribution is -2.26. The number of hydrogen-bond donors (Lipinski definition) is 2. The molecule has 2 N–H and O–H groups in total. The zero-order valence-electron chi connectivity index (χ0n) is 11.0. The minimum absolute atomic E-state index is 0.172. The van der Waals surface area contributed by atoms with Crippen molar-refractivity contribution < 1.29 is 14.2 Å². The number of aliphatic hydroxyl groups excluding tert-OH is 1. The van der Waals surface area contributed by atoms with Gasteiger partial charge in [0.15, 0.2) is 0 Å². The Morgan fingerprint density at radius 3 is 2.71 bits per heavy atom. The van der Waals surface area contributed by atoms with Crippen LogP contribution in [0, 0.1) is 5.82 Å². The molecule has 0 amide bonds. The van der Waals surface area contributed by atoms with Crippen molar-refractivity contribution in [1.29, 1.82) is 0 Å². The summed E-state index contributed by atoms with van der Waals surface area (Å²) in [6, 6.07) is 12.0. The van der Waals surface area contributed by atoms with Crippen molar-refractivity contribution in [3.8, 4) is 5.75 Å². The van der Waals surface area contributed by atoms with E-state index >= 15 is 0 Å². The first-order chi connectivity index (χ1) is 10.0. The maximum absolute atomic E-state index is 13.1. The molecule has 112 valence electrons. The Morgan fingerprint density at radius 2 is 2.00 bits per heavy atom. The van der Waals surface area contributed by atoms with Gasteiger partial charge in [-0.1, -0.05) is 22.0 Å². The fourth-order valence-corrected chi connectivity index (χ4v) is 2.41. The molecule has 1 atom stereocenters. The molecule has 0 heterocycles. The topological polar surface area (TPSA) is 41.5 Å². The highest BCUT2D eigenvalue weighted by atomic mass is 79.9. The average molecular weight is 419 g/mol. The summed E-state index contributed by atoms with van der Waals surface area (Å²) in [5.41, 5.74) is 0.727. The van der Waals surface area contributed by atoms with E-state index < -0.39 is 6.10 Å². The third-order valence-electron chi connectivity index (χ3n) is 2.70. The second kappa shape index (κ2) is 7.77. The second-order valence-corrected chi connectivity index (χ2v) is 6.20. The van der Waals surface area contributed by atoms with Crippen molar-refractivity contribution in [1.82, 2.24) is 0 Å². The summed E-state index contributed by atoms with van der Waals surface area (Å²) in [5.74, 6) is 0.368. The highest BCUT2D eigenvalue weighted by Crippen LogP contribution is 2.20. The Balaban J connectivity index is 1.79. The van der Waals surface area contributed by atoms with Gasteiger partial charge in [0.05, 0.1) is 4.47 Å². The first-order valence-electron chi connectivity index (χ1n) is 6.30. The van der Waals surface area contributed by atoms with E-state index in [2.05, 4.69) is 37.2 Å². The molecule has 2 aromatic carbocycles. The summed E-state index contributed by atoms with van der Waals surface area (Å²) < 4.78 is 19.9. The van der Waals surface area contributed by atoms with Crippen molar-refractivity contribution >= 4 is 37.5 Å². The number of hydrogen-bond acceptors (Lipinski definition) is 3. The highest BCUT2D eigenvalue weighted by molar-refractivity contribution is 9.10. The first-order valence-corrected chi connectivity index (χ1v) is 7.88. The molecule has 0 bridgehead atoms. The molecule has 1 unspecified atom stereocenters. The number of benzene rings is 2. The Kier molecular flexibility index (Phi) is 6.02. The summed E-state index contributed by atoms with van der Waals surface area (Å²) in [6.45, 7) is 0.484. The van der Waals surface area contributed by atoms with Crippen LogP contribution in [0.2, 0.25) is 0 Å². The van der Waals surface area contributed by atoms with Crippen LogP contribution in [0.15, 0.2) is 51.4 Å². The van der Waals surface area contributed by atoms with Gasteiger partial charge in [-0.25, -0.2) is 4.39 Å². The zero-order valence-corrected chi connectivity index (χ0v) is 14.2. The molecule has 0 spiro atoms. The van der Waals surface area contributed by atoms with Crippen molar-refractivity contribution in [2.75, 3.05) is 18.5 Å². The van der Waals surface area contributed by atoms with E-state index in [1.54, 1.807) is 12.1 Å². The fraction of sp³-hybridized carbons (Fsp3) is 0.200. The van der Waals surface area contributed by atoms with E-state index in [1.165, 1.54) is 6.07 Å². The summed E-state index contributed by atoms with van der Waals surface area (Å²) in [7, 11) is 0. The van der Waals surface area contributed by atoms with E-state index in [-0.39, 0.29) is 12.4 Å². The summed E-state index contributed by atoms with van der Waals surface area (Å²) in [5, 5.41) is 12.9. The van der Waals surface area contributed by atoms with Gasteiger partial charge in [-0.3, -0.25) is 0 Å². The Labute approximate surface area is 139 Å². The molecule has 0 aliphatic carbocycles. The normalized spacial score (nSPS) is 12.0. The largest absolute Gasteiger partial charge is 0.491 e. The van der Waals surface area contributed by atoms with Crippen LogP contribution in [-0.4, -0.2) is 24.4 Å². The van der Waals surface area contributed by atoms with E-state index in [1.807, 2.05) is 24.3 Å². The van der Waals surface area contributed by atoms with Crippen LogP contribution in [0.1, 0.15) is 0 Å². The Bertz CT molecular complexity index is 610. The molecule has 0 radical (unpaired) electrons. The molecule has 0 aliphatic rings. The van der Waals surface area contributed by atoms with E-state index in [0.717, 1.165) is 10.2 Å². The molecule has 2 aromatic rings. The standard InChI is InChI=1S/C15H14Br2FNO2/c16-10-2-1-3-13(6-10)21-9-12(20)8-19-11-4-5-15(18)14(17)7-11/h1-7,12,19-20H,8-9H2. The van der Waals surface area contributed by atoms with Crippen LogP contribution in [0.5, 0.6) is 5.75 Å². The quantitative estimate of drug-likeness (QED) is 0.738. The van der Waals surface area contributed by atoms with Crippen LogP contribution in [-0.2, 0) is 0 Å². The minimum Gasteiger partial charge on any atom is -0.491 e. The number of anilines is 1. The molecular weight excluding hydrogens is 405 g/mol. The van der Waals surface area contributed by atoms with Gasteiger partial charge in [-0.2, -0.15) is 0 Å². The van der Waals surface area contributed by atoms with Crippen molar-refractivity contribution in [2.45, 2.75) is 6.10 Å². The molecule has 2 rings (SSSR count). The summed E-state index contributed by atoms with van der Waals surface area (Å²) in [4.78, 5) is 0. The third kappa shape index (κ3) is 5.30. The summed E-state index contributed by atoms with van der Waals surface area (Å²) in [6.07, 6.45) is -0.673. The van der Waals surface area contributed by atoms with E-state index in [9.17, 15) is 9.50 Å². The minimum atomic E-state index is -0.673. The molecule has 6 heteroatoms. The average Bonchev–Trinajstić information content (AvgIpc) is 2.46. The Hall–Kier alpha value is -1.11. The number of nitrogens with one attached hydrogen (secondary N) is 1. The number of halogens is 3. The van der Waals surface area contributed by atoms with Crippen LogP contribution in [0.25, 0.3) is 0 Å². The highest BCUT2D eigenvalue weighted by Gasteiger charge is 2.06. The lowest BCUT2D eigenvalue weighted by atomic mass is 10.3. The summed E-state index contributed by atoms with van der Waals surface area (Å²) >= 11 is 6.47. The van der Waals surface area contributed by atoms with Gasteiger partial charge in [0.1, 0.15) is 24.3 Å². The molecule has 0 aromatic heterocycles. The third-order valence-corrected chi connectivity index (χ3v) is 3.80. The van der Waals surface area contributed by atoms with Gasteiger partial charge >= 0.3 is 0 Å². The van der Waals surface area contributed by atoms with Gasteiger partial charge in [0.25, 0.3) is 0 Å². The van der Waals surface area contributed by atoms with Crippen LogP contribution >= 0.6 is 31.9 Å². The smallest absolute Gasteiger partial charge is 0.137 e. The number of aliphatic hydroxyl groups is 1. The van der Waals surface area contributed by atoms with Gasteiger partial charge in [-0.15, -0.1) is 0 Å². The van der Waals surface area contributed by atoms with Crippen LogP contribution in [0.3, 0.4) is 0 Å².